The lowest BCUT2D eigenvalue weighted by molar-refractivity contribution is 0.152. The first kappa shape index (κ1) is 7.91. The third-order valence-corrected chi connectivity index (χ3v) is 1.34. The van der Waals surface area contributed by atoms with E-state index in [-0.39, 0.29) is 11.3 Å². The Morgan fingerprint density at radius 2 is 2.18 bits per heavy atom. The topological polar surface area (TPSA) is 38.9 Å². The standard InChI is InChI=1S/C7H8F2N2/c1-4-2-5(7(8)9)6(10)3-11-4/h2-3,7H,10H2,1H3. The molecular weight excluding hydrogens is 150 g/mol. The van der Waals surface area contributed by atoms with Gasteiger partial charge in [-0.15, -0.1) is 0 Å². The lowest BCUT2D eigenvalue weighted by Crippen LogP contribution is -1.96. The van der Waals surface area contributed by atoms with E-state index in [2.05, 4.69) is 4.98 Å². The Kier molecular flexibility index (Phi) is 2.03. The minimum atomic E-state index is -2.52. The number of anilines is 1. The molecule has 0 aliphatic carbocycles. The number of nitrogens with two attached hydrogens (primary N) is 1. The molecule has 11 heavy (non-hydrogen) atoms. The normalized spacial score (nSPS) is 10.5. The van der Waals surface area contributed by atoms with Gasteiger partial charge in [0.05, 0.1) is 11.9 Å². The van der Waals surface area contributed by atoms with Crippen molar-refractivity contribution in [3.63, 3.8) is 0 Å². The van der Waals surface area contributed by atoms with Crippen LogP contribution < -0.4 is 5.73 Å². The summed E-state index contributed by atoms with van der Waals surface area (Å²) in [6, 6.07) is 1.29. The predicted molar refractivity (Wildman–Crippen MR) is 38.3 cm³/mol. The highest BCUT2D eigenvalue weighted by Crippen LogP contribution is 2.24. The molecule has 4 heteroatoms. The number of pyridine rings is 1. The van der Waals surface area contributed by atoms with E-state index in [1.807, 2.05) is 0 Å². The summed E-state index contributed by atoms with van der Waals surface area (Å²) in [6.07, 6.45) is -1.27. The van der Waals surface area contributed by atoms with Gasteiger partial charge in [0, 0.05) is 11.3 Å². The number of aryl methyl sites for hydroxylation is 1. The summed E-state index contributed by atoms with van der Waals surface area (Å²) in [5, 5.41) is 0. The van der Waals surface area contributed by atoms with E-state index >= 15 is 0 Å². The number of nitrogens with zero attached hydrogens (tertiary/aromatic N) is 1. The van der Waals surface area contributed by atoms with Gasteiger partial charge in [0.15, 0.2) is 0 Å². The third kappa shape index (κ3) is 1.63. The van der Waals surface area contributed by atoms with Crippen molar-refractivity contribution in [2.24, 2.45) is 0 Å². The van der Waals surface area contributed by atoms with Crippen molar-refractivity contribution >= 4 is 5.69 Å². The van der Waals surface area contributed by atoms with Crippen LogP contribution in [0.25, 0.3) is 0 Å². The van der Waals surface area contributed by atoms with Crippen molar-refractivity contribution in [2.75, 3.05) is 5.73 Å². The number of alkyl halides is 2. The number of rotatable bonds is 1. The zero-order chi connectivity index (χ0) is 8.43. The minimum Gasteiger partial charge on any atom is -0.397 e. The Hall–Kier alpha value is -1.19. The molecule has 60 valence electrons. The second kappa shape index (κ2) is 2.82. The fourth-order valence-corrected chi connectivity index (χ4v) is 0.781. The first-order valence-electron chi connectivity index (χ1n) is 3.11. The van der Waals surface area contributed by atoms with Crippen LogP contribution in [0.2, 0.25) is 0 Å². The van der Waals surface area contributed by atoms with Crippen LogP contribution in [0, 0.1) is 6.92 Å². The summed E-state index contributed by atoms with van der Waals surface area (Å²) < 4.78 is 24.2. The number of aromatic nitrogens is 1. The number of halogens is 2. The number of hydrogen-bond acceptors (Lipinski definition) is 2. The van der Waals surface area contributed by atoms with Crippen molar-refractivity contribution in [3.8, 4) is 0 Å². The van der Waals surface area contributed by atoms with Crippen LogP contribution in [0.5, 0.6) is 0 Å². The molecule has 0 saturated heterocycles. The summed E-state index contributed by atoms with van der Waals surface area (Å²) >= 11 is 0. The fraction of sp³-hybridized carbons (Fsp3) is 0.286. The van der Waals surface area contributed by atoms with Gasteiger partial charge in [-0.05, 0) is 13.0 Å². The maximum Gasteiger partial charge on any atom is 0.265 e. The van der Waals surface area contributed by atoms with Crippen molar-refractivity contribution < 1.29 is 8.78 Å². The molecule has 1 aromatic rings. The molecule has 1 rings (SSSR count). The van der Waals surface area contributed by atoms with Crippen LogP contribution in [0.4, 0.5) is 14.5 Å². The van der Waals surface area contributed by atoms with E-state index in [0.717, 1.165) is 0 Å². The molecule has 0 amide bonds. The highest BCUT2D eigenvalue weighted by Gasteiger charge is 2.10. The van der Waals surface area contributed by atoms with Gasteiger partial charge in [-0.2, -0.15) is 0 Å². The maximum atomic E-state index is 12.1. The molecule has 0 atom stereocenters. The van der Waals surface area contributed by atoms with E-state index in [1.165, 1.54) is 12.3 Å². The van der Waals surface area contributed by atoms with Crippen molar-refractivity contribution in [1.29, 1.82) is 0 Å². The summed E-state index contributed by atoms with van der Waals surface area (Å²) in [5.74, 6) is 0. The van der Waals surface area contributed by atoms with E-state index in [4.69, 9.17) is 5.73 Å². The SMILES string of the molecule is Cc1cc(C(F)F)c(N)cn1. The summed E-state index contributed by atoms with van der Waals surface area (Å²) in [7, 11) is 0. The quantitative estimate of drug-likeness (QED) is 0.678. The summed E-state index contributed by atoms with van der Waals surface area (Å²) in [6.45, 7) is 1.64. The van der Waals surface area contributed by atoms with Gasteiger partial charge in [-0.1, -0.05) is 0 Å². The Balaban J connectivity index is 3.13. The average Bonchev–Trinajstić information content (AvgIpc) is 1.94. The summed E-state index contributed by atoms with van der Waals surface area (Å²) in [4.78, 5) is 3.76. The third-order valence-electron chi connectivity index (χ3n) is 1.34. The molecule has 0 fully saturated rings. The first-order valence-corrected chi connectivity index (χ1v) is 3.11. The fourth-order valence-electron chi connectivity index (χ4n) is 0.781. The lowest BCUT2D eigenvalue weighted by atomic mass is 10.2. The largest absolute Gasteiger partial charge is 0.397 e. The molecule has 1 aromatic heterocycles. The molecule has 0 bridgehead atoms. The molecule has 0 aliphatic rings. The Morgan fingerprint density at radius 1 is 1.55 bits per heavy atom. The van der Waals surface area contributed by atoms with Gasteiger partial charge in [0.25, 0.3) is 6.43 Å². The van der Waals surface area contributed by atoms with Crippen LogP contribution in [-0.4, -0.2) is 4.98 Å². The minimum absolute atomic E-state index is 0.0469. The van der Waals surface area contributed by atoms with Crippen LogP contribution in [-0.2, 0) is 0 Å². The van der Waals surface area contributed by atoms with Gasteiger partial charge in [0.1, 0.15) is 0 Å². The molecule has 0 saturated carbocycles. The molecular formula is C7H8F2N2. The average molecular weight is 158 g/mol. The zero-order valence-corrected chi connectivity index (χ0v) is 6.01. The molecule has 0 radical (unpaired) electrons. The molecule has 2 N–H and O–H groups in total. The van der Waals surface area contributed by atoms with Gasteiger partial charge in [0.2, 0.25) is 0 Å². The van der Waals surface area contributed by atoms with Crippen molar-refractivity contribution in [1.82, 2.24) is 4.98 Å². The van der Waals surface area contributed by atoms with Crippen LogP contribution in [0.1, 0.15) is 17.7 Å². The van der Waals surface area contributed by atoms with Crippen molar-refractivity contribution in [3.05, 3.63) is 23.5 Å². The first-order chi connectivity index (χ1) is 5.11. The summed E-state index contributed by atoms with van der Waals surface area (Å²) in [5.41, 5.74) is 5.70. The molecule has 0 aromatic carbocycles. The predicted octanol–water partition coefficient (Wildman–Crippen LogP) is 1.91. The molecule has 0 spiro atoms. The Bertz CT molecular complexity index is 261. The highest BCUT2D eigenvalue weighted by atomic mass is 19.3. The van der Waals surface area contributed by atoms with Crippen LogP contribution in [0.15, 0.2) is 12.3 Å². The second-order valence-corrected chi connectivity index (χ2v) is 2.26. The molecule has 2 nitrogen and oxygen atoms in total. The lowest BCUT2D eigenvalue weighted by Gasteiger charge is -2.03. The van der Waals surface area contributed by atoms with Gasteiger partial charge in [-0.3, -0.25) is 4.98 Å². The monoisotopic (exact) mass is 158 g/mol. The van der Waals surface area contributed by atoms with E-state index in [9.17, 15) is 8.78 Å². The second-order valence-electron chi connectivity index (χ2n) is 2.26. The Labute approximate surface area is 63.1 Å². The van der Waals surface area contributed by atoms with Crippen LogP contribution >= 0.6 is 0 Å². The van der Waals surface area contributed by atoms with Crippen molar-refractivity contribution in [2.45, 2.75) is 13.3 Å². The van der Waals surface area contributed by atoms with E-state index in [1.54, 1.807) is 6.92 Å². The van der Waals surface area contributed by atoms with Gasteiger partial charge < -0.3 is 5.73 Å². The molecule has 0 unspecified atom stereocenters. The van der Waals surface area contributed by atoms with Gasteiger partial charge in [-0.25, -0.2) is 8.78 Å². The number of hydrogen-bond donors (Lipinski definition) is 1. The Morgan fingerprint density at radius 3 is 2.64 bits per heavy atom. The maximum absolute atomic E-state index is 12.1. The zero-order valence-electron chi connectivity index (χ0n) is 6.01. The highest BCUT2D eigenvalue weighted by molar-refractivity contribution is 5.45. The van der Waals surface area contributed by atoms with Crippen LogP contribution in [0.3, 0.4) is 0 Å². The van der Waals surface area contributed by atoms with E-state index < -0.39 is 6.43 Å². The van der Waals surface area contributed by atoms with Gasteiger partial charge >= 0.3 is 0 Å². The molecule has 1 heterocycles. The smallest absolute Gasteiger partial charge is 0.265 e. The number of nitrogen functional groups attached to an aromatic ring is 1. The van der Waals surface area contributed by atoms with E-state index in [0.29, 0.717) is 5.69 Å². The molecule has 0 aliphatic heterocycles.